The topological polar surface area (TPSA) is 18.5 Å². The summed E-state index contributed by atoms with van der Waals surface area (Å²) in [6, 6.07) is 2.15. The van der Waals surface area contributed by atoms with Gasteiger partial charge >= 0.3 is 0 Å². The van der Waals surface area contributed by atoms with E-state index in [-0.39, 0.29) is 0 Å². The van der Waals surface area contributed by atoms with Crippen LogP contribution >= 0.6 is 72.3 Å². The lowest BCUT2D eigenvalue weighted by Crippen LogP contribution is -2.06. The molecular formula is C23H40O2S6. The number of benzene rings is 1. The molecule has 0 aliphatic carbocycles. The van der Waals surface area contributed by atoms with E-state index >= 15 is 0 Å². The van der Waals surface area contributed by atoms with Crippen molar-refractivity contribution in [2.45, 2.75) is 33.6 Å². The molecule has 0 aliphatic rings. The van der Waals surface area contributed by atoms with E-state index in [1.165, 1.54) is 39.7 Å². The van der Waals surface area contributed by atoms with Crippen LogP contribution in [-0.4, -0.2) is 70.7 Å². The van der Waals surface area contributed by atoms with E-state index in [9.17, 15) is 0 Å². The molecule has 0 saturated carbocycles. The first kappa shape index (κ1) is 30.0. The molecule has 0 spiro atoms. The van der Waals surface area contributed by atoms with Gasteiger partial charge in [-0.1, -0.05) is 0 Å². The smallest absolute Gasteiger partial charge is 0.125 e. The number of rotatable bonds is 20. The van der Waals surface area contributed by atoms with E-state index in [4.69, 9.17) is 9.47 Å². The van der Waals surface area contributed by atoms with E-state index < -0.39 is 0 Å². The van der Waals surface area contributed by atoms with Gasteiger partial charge in [-0.3, -0.25) is 0 Å². The quantitative estimate of drug-likeness (QED) is 0.137. The molecule has 8 heteroatoms. The van der Waals surface area contributed by atoms with Crippen LogP contribution in [0.4, 0.5) is 0 Å². The fraction of sp³-hybridized carbons (Fsp3) is 0.739. The summed E-state index contributed by atoms with van der Waals surface area (Å²) in [6.07, 6.45) is 2.17. The Morgan fingerprint density at radius 2 is 1.13 bits per heavy atom. The number of ether oxygens (including phenoxy) is 2. The van der Waals surface area contributed by atoms with Crippen LogP contribution in [0.1, 0.15) is 29.5 Å². The Morgan fingerprint density at radius 1 is 0.645 bits per heavy atom. The summed E-state index contributed by atoms with van der Waals surface area (Å²) in [5.74, 6) is 13.5. The second-order valence-electron chi connectivity index (χ2n) is 7.07. The third kappa shape index (κ3) is 14.0. The number of thiol groups is 2. The molecular weight excluding hydrogens is 501 g/mol. The Bertz CT molecular complexity index is 586. The fourth-order valence-corrected chi connectivity index (χ4v) is 7.22. The van der Waals surface area contributed by atoms with Crippen molar-refractivity contribution in [3.05, 3.63) is 22.8 Å². The molecule has 0 N–H and O–H groups in total. The molecule has 31 heavy (non-hydrogen) atoms. The molecule has 0 aromatic heterocycles. The number of aryl methyl sites for hydroxylation is 1. The molecule has 0 unspecified atom stereocenters. The van der Waals surface area contributed by atoms with Crippen LogP contribution in [0.3, 0.4) is 0 Å². The first-order valence-electron chi connectivity index (χ1n) is 11.0. The molecule has 1 rings (SSSR count). The minimum atomic E-state index is 0.778. The summed E-state index contributed by atoms with van der Waals surface area (Å²) in [5, 5.41) is 0. The molecule has 0 aliphatic heterocycles. The molecule has 180 valence electrons. The molecule has 1 aromatic carbocycles. The Kier molecular flexibility index (Phi) is 19.6. The van der Waals surface area contributed by atoms with Gasteiger partial charge in [0.15, 0.2) is 0 Å². The summed E-state index contributed by atoms with van der Waals surface area (Å²) < 4.78 is 12.3. The zero-order valence-electron chi connectivity index (χ0n) is 19.3. The summed E-state index contributed by atoms with van der Waals surface area (Å²) in [7, 11) is 0. The van der Waals surface area contributed by atoms with Crippen molar-refractivity contribution in [1.82, 2.24) is 0 Å². The summed E-state index contributed by atoms with van der Waals surface area (Å²) in [6.45, 7) is 7.97. The molecule has 1 aromatic rings. The van der Waals surface area contributed by atoms with Crippen molar-refractivity contribution in [3.8, 4) is 11.5 Å². The third-order valence-electron chi connectivity index (χ3n) is 4.56. The van der Waals surface area contributed by atoms with Crippen LogP contribution in [0.15, 0.2) is 6.07 Å². The first-order chi connectivity index (χ1) is 15.1. The lowest BCUT2D eigenvalue weighted by Gasteiger charge is -2.18. The first-order valence-corrected chi connectivity index (χ1v) is 16.9. The highest BCUT2D eigenvalue weighted by Crippen LogP contribution is 2.33. The van der Waals surface area contributed by atoms with Gasteiger partial charge in [0.1, 0.15) is 11.5 Å². The van der Waals surface area contributed by atoms with Gasteiger partial charge in [0, 0.05) is 34.5 Å². The largest absolute Gasteiger partial charge is 0.493 e. The van der Waals surface area contributed by atoms with Crippen molar-refractivity contribution < 1.29 is 9.47 Å². The van der Waals surface area contributed by atoms with Crippen molar-refractivity contribution in [3.63, 3.8) is 0 Å². The minimum Gasteiger partial charge on any atom is -0.493 e. The fourth-order valence-electron chi connectivity index (χ4n) is 2.84. The predicted molar refractivity (Wildman–Crippen MR) is 158 cm³/mol. The molecule has 2 nitrogen and oxygen atoms in total. The minimum absolute atomic E-state index is 0.778. The van der Waals surface area contributed by atoms with Crippen molar-refractivity contribution >= 4 is 72.3 Å². The van der Waals surface area contributed by atoms with E-state index in [1.54, 1.807) is 0 Å². The molecule has 0 fully saturated rings. The Hall–Kier alpha value is 0.920. The maximum Gasteiger partial charge on any atom is 0.125 e. The monoisotopic (exact) mass is 540 g/mol. The number of hydrogen-bond donors (Lipinski definition) is 2. The number of hydrogen-bond acceptors (Lipinski definition) is 8. The second kappa shape index (κ2) is 20.3. The average Bonchev–Trinajstić information content (AvgIpc) is 2.76. The third-order valence-corrected chi connectivity index (χ3v) is 10.2. The van der Waals surface area contributed by atoms with Gasteiger partial charge in [-0.25, -0.2) is 0 Å². The van der Waals surface area contributed by atoms with Crippen LogP contribution in [0.2, 0.25) is 0 Å². The van der Waals surface area contributed by atoms with Crippen LogP contribution in [0.25, 0.3) is 0 Å². The summed E-state index contributed by atoms with van der Waals surface area (Å²) in [4.78, 5) is 0. The summed E-state index contributed by atoms with van der Waals surface area (Å²) in [5.41, 5.74) is 3.58. The van der Waals surface area contributed by atoms with E-state index in [0.717, 1.165) is 72.1 Å². The summed E-state index contributed by atoms with van der Waals surface area (Å²) >= 11 is 16.5. The average molecular weight is 541 g/mol. The SMILES string of the molecule is Cc1cc(OCCCSCCSCCS)c(C)c(C)c1OCCCSCCSCCS. The molecule has 0 atom stereocenters. The standard InChI is InChI=1S/C23H40O2S6/c1-19-18-22(24-6-4-10-28-14-16-30-12-8-26)20(2)21(3)23(19)25-7-5-11-29-15-17-31-13-9-27/h18,26-27H,4-17H2,1-3H3. The lowest BCUT2D eigenvalue weighted by molar-refractivity contribution is 0.304. The van der Waals surface area contributed by atoms with Gasteiger partial charge in [-0.05, 0) is 79.4 Å². The van der Waals surface area contributed by atoms with E-state index in [2.05, 4.69) is 52.1 Å². The molecule has 0 heterocycles. The van der Waals surface area contributed by atoms with Crippen LogP contribution < -0.4 is 9.47 Å². The predicted octanol–water partition coefficient (Wildman–Crippen LogP) is 6.94. The maximum atomic E-state index is 6.15. The molecule has 0 saturated heterocycles. The normalized spacial score (nSPS) is 11.1. The maximum absolute atomic E-state index is 6.15. The van der Waals surface area contributed by atoms with Gasteiger partial charge in [0.05, 0.1) is 13.2 Å². The van der Waals surface area contributed by atoms with Gasteiger partial charge in [-0.2, -0.15) is 72.3 Å². The second-order valence-corrected chi connectivity index (χ2v) is 12.9. The zero-order chi connectivity index (χ0) is 22.7. The molecule has 0 amide bonds. The highest BCUT2D eigenvalue weighted by Gasteiger charge is 2.12. The van der Waals surface area contributed by atoms with E-state index in [1.807, 2.05) is 47.0 Å². The Labute approximate surface area is 219 Å². The number of thioether (sulfide) groups is 4. The van der Waals surface area contributed by atoms with Gasteiger partial charge in [0.25, 0.3) is 0 Å². The van der Waals surface area contributed by atoms with Crippen LogP contribution in [-0.2, 0) is 0 Å². The van der Waals surface area contributed by atoms with Gasteiger partial charge in [-0.15, -0.1) is 0 Å². The Morgan fingerprint density at radius 3 is 1.65 bits per heavy atom. The highest BCUT2D eigenvalue weighted by molar-refractivity contribution is 8.03. The Balaban J connectivity index is 2.26. The van der Waals surface area contributed by atoms with Crippen molar-refractivity contribution in [2.24, 2.45) is 0 Å². The van der Waals surface area contributed by atoms with Crippen molar-refractivity contribution in [2.75, 3.05) is 70.7 Å². The van der Waals surface area contributed by atoms with Crippen molar-refractivity contribution in [1.29, 1.82) is 0 Å². The molecule has 0 bridgehead atoms. The lowest BCUT2D eigenvalue weighted by atomic mass is 10.0. The van der Waals surface area contributed by atoms with Crippen LogP contribution in [0.5, 0.6) is 11.5 Å². The molecule has 0 radical (unpaired) electrons. The van der Waals surface area contributed by atoms with Crippen LogP contribution in [0, 0.1) is 20.8 Å². The van der Waals surface area contributed by atoms with Gasteiger partial charge in [0.2, 0.25) is 0 Å². The van der Waals surface area contributed by atoms with Gasteiger partial charge < -0.3 is 9.47 Å². The highest BCUT2D eigenvalue weighted by atomic mass is 32.2. The zero-order valence-corrected chi connectivity index (χ0v) is 24.4. The van der Waals surface area contributed by atoms with E-state index in [0.29, 0.717) is 0 Å².